The SMILES string of the molecule is CC1CCN(CC(O)CNC(=O)c2cc(Br)c[nH]2)CC1. The molecule has 0 saturated carbocycles. The lowest BCUT2D eigenvalue weighted by atomic mass is 9.99. The van der Waals surface area contributed by atoms with E-state index in [9.17, 15) is 9.90 Å². The van der Waals surface area contributed by atoms with E-state index >= 15 is 0 Å². The van der Waals surface area contributed by atoms with Gasteiger partial charge in [-0.05, 0) is 53.8 Å². The normalized spacial score (nSPS) is 18.9. The monoisotopic (exact) mass is 343 g/mol. The number of rotatable bonds is 5. The van der Waals surface area contributed by atoms with Crippen molar-refractivity contribution in [2.75, 3.05) is 26.2 Å². The summed E-state index contributed by atoms with van der Waals surface area (Å²) < 4.78 is 0.839. The number of hydrogen-bond donors (Lipinski definition) is 3. The fourth-order valence-electron chi connectivity index (χ4n) is 2.41. The molecule has 1 atom stereocenters. The number of aliphatic hydroxyl groups excluding tert-OH is 1. The molecule has 1 aliphatic rings. The molecular formula is C14H22BrN3O2. The summed E-state index contributed by atoms with van der Waals surface area (Å²) in [5.74, 6) is 0.594. The van der Waals surface area contributed by atoms with Gasteiger partial charge in [-0.3, -0.25) is 4.79 Å². The van der Waals surface area contributed by atoms with Crippen LogP contribution in [0, 0.1) is 5.92 Å². The van der Waals surface area contributed by atoms with Crippen LogP contribution in [0.1, 0.15) is 30.3 Å². The second kappa shape index (κ2) is 7.24. The van der Waals surface area contributed by atoms with Crippen molar-refractivity contribution in [3.05, 3.63) is 22.4 Å². The second-order valence-corrected chi connectivity index (χ2v) is 6.49. The van der Waals surface area contributed by atoms with Crippen molar-refractivity contribution in [2.24, 2.45) is 5.92 Å². The van der Waals surface area contributed by atoms with Gasteiger partial charge in [0.1, 0.15) is 5.69 Å². The van der Waals surface area contributed by atoms with Crippen LogP contribution >= 0.6 is 15.9 Å². The molecule has 1 amide bonds. The van der Waals surface area contributed by atoms with Crippen molar-refractivity contribution in [2.45, 2.75) is 25.9 Å². The Kier molecular flexibility index (Phi) is 5.63. The number of carbonyl (C=O) groups excluding carboxylic acids is 1. The summed E-state index contributed by atoms with van der Waals surface area (Å²) in [6.07, 6.45) is 3.57. The third kappa shape index (κ3) is 4.61. The van der Waals surface area contributed by atoms with Crippen LogP contribution in [-0.2, 0) is 0 Å². The van der Waals surface area contributed by atoms with Crippen molar-refractivity contribution in [1.29, 1.82) is 0 Å². The molecule has 1 aliphatic heterocycles. The number of carbonyl (C=O) groups is 1. The summed E-state index contributed by atoms with van der Waals surface area (Å²) in [6, 6.07) is 1.72. The molecule has 20 heavy (non-hydrogen) atoms. The first-order valence-corrected chi connectivity index (χ1v) is 7.86. The van der Waals surface area contributed by atoms with Crippen LogP contribution in [0.15, 0.2) is 16.7 Å². The Labute approximate surface area is 127 Å². The third-order valence-electron chi connectivity index (χ3n) is 3.74. The standard InChI is InChI=1S/C14H22BrN3O2/c1-10-2-4-18(5-3-10)9-12(19)8-17-14(20)13-6-11(15)7-16-13/h6-7,10,12,16,19H,2-5,8-9H2,1H3,(H,17,20). The number of aromatic amines is 1. The topological polar surface area (TPSA) is 68.4 Å². The molecule has 3 N–H and O–H groups in total. The molecule has 0 radical (unpaired) electrons. The fourth-order valence-corrected chi connectivity index (χ4v) is 2.76. The van der Waals surface area contributed by atoms with Gasteiger partial charge in [0.2, 0.25) is 0 Å². The molecule has 0 aromatic carbocycles. The molecule has 0 aliphatic carbocycles. The minimum absolute atomic E-state index is 0.193. The molecule has 1 aromatic heterocycles. The van der Waals surface area contributed by atoms with Crippen LogP contribution in [0.4, 0.5) is 0 Å². The van der Waals surface area contributed by atoms with Crippen molar-refractivity contribution < 1.29 is 9.90 Å². The maximum atomic E-state index is 11.8. The predicted molar refractivity (Wildman–Crippen MR) is 81.7 cm³/mol. The van der Waals surface area contributed by atoms with Gasteiger partial charge in [0.25, 0.3) is 5.91 Å². The number of piperidine rings is 1. The molecule has 5 nitrogen and oxygen atoms in total. The third-order valence-corrected chi connectivity index (χ3v) is 4.19. The number of likely N-dealkylation sites (tertiary alicyclic amines) is 1. The quantitative estimate of drug-likeness (QED) is 0.760. The Hall–Kier alpha value is -0.850. The molecule has 1 aromatic rings. The Balaban J connectivity index is 1.69. The van der Waals surface area contributed by atoms with Crippen LogP contribution in [-0.4, -0.2) is 53.2 Å². The lowest BCUT2D eigenvalue weighted by molar-refractivity contribution is 0.0793. The molecule has 0 bridgehead atoms. The number of nitrogens with one attached hydrogen (secondary N) is 2. The molecule has 0 spiro atoms. The van der Waals surface area contributed by atoms with E-state index in [0.29, 0.717) is 12.2 Å². The highest BCUT2D eigenvalue weighted by molar-refractivity contribution is 9.10. The lowest BCUT2D eigenvalue weighted by Gasteiger charge is -2.31. The van der Waals surface area contributed by atoms with Crippen LogP contribution < -0.4 is 5.32 Å². The van der Waals surface area contributed by atoms with Crippen LogP contribution in [0.25, 0.3) is 0 Å². The van der Waals surface area contributed by atoms with E-state index in [0.717, 1.165) is 23.5 Å². The molecule has 1 saturated heterocycles. The number of aliphatic hydroxyl groups is 1. The van der Waals surface area contributed by atoms with Crippen molar-refractivity contribution in [3.8, 4) is 0 Å². The van der Waals surface area contributed by atoms with Crippen LogP contribution in [0.5, 0.6) is 0 Å². The highest BCUT2D eigenvalue weighted by atomic mass is 79.9. The van der Waals surface area contributed by atoms with Gasteiger partial charge in [0, 0.05) is 23.8 Å². The summed E-state index contributed by atoms with van der Waals surface area (Å²) in [4.78, 5) is 16.9. The Morgan fingerprint density at radius 3 is 2.90 bits per heavy atom. The van der Waals surface area contributed by atoms with Gasteiger partial charge in [-0.15, -0.1) is 0 Å². The first kappa shape index (κ1) is 15.5. The number of H-pyrrole nitrogens is 1. The second-order valence-electron chi connectivity index (χ2n) is 5.58. The first-order chi connectivity index (χ1) is 9.54. The maximum absolute atomic E-state index is 11.8. The van der Waals surface area contributed by atoms with E-state index in [1.54, 1.807) is 12.3 Å². The number of β-amino-alcohol motifs (C(OH)–C–C–N with tert-alkyl or cyclic N) is 1. The van der Waals surface area contributed by atoms with E-state index in [1.807, 2.05) is 0 Å². The molecule has 2 heterocycles. The largest absolute Gasteiger partial charge is 0.390 e. The highest BCUT2D eigenvalue weighted by Gasteiger charge is 2.18. The van der Waals surface area contributed by atoms with E-state index in [2.05, 4.69) is 38.1 Å². The summed E-state index contributed by atoms with van der Waals surface area (Å²) in [5, 5.41) is 12.7. The van der Waals surface area contributed by atoms with E-state index in [1.165, 1.54) is 12.8 Å². The van der Waals surface area contributed by atoms with Gasteiger partial charge in [-0.25, -0.2) is 0 Å². The first-order valence-electron chi connectivity index (χ1n) is 7.07. The van der Waals surface area contributed by atoms with Crippen molar-refractivity contribution in [3.63, 3.8) is 0 Å². The maximum Gasteiger partial charge on any atom is 0.267 e. The number of amides is 1. The zero-order valence-electron chi connectivity index (χ0n) is 11.7. The molecular weight excluding hydrogens is 322 g/mol. The zero-order valence-corrected chi connectivity index (χ0v) is 13.3. The summed E-state index contributed by atoms with van der Waals surface area (Å²) in [5.41, 5.74) is 0.496. The molecule has 1 unspecified atom stereocenters. The zero-order chi connectivity index (χ0) is 14.5. The molecule has 1 fully saturated rings. The smallest absolute Gasteiger partial charge is 0.267 e. The minimum Gasteiger partial charge on any atom is -0.390 e. The number of halogens is 1. The summed E-state index contributed by atoms with van der Waals surface area (Å²) >= 11 is 3.28. The predicted octanol–water partition coefficient (Wildman–Crippen LogP) is 1.60. The Morgan fingerprint density at radius 2 is 2.30 bits per heavy atom. The van der Waals surface area contributed by atoms with Gasteiger partial charge >= 0.3 is 0 Å². The Morgan fingerprint density at radius 1 is 1.60 bits per heavy atom. The van der Waals surface area contributed by atoms with E-state index in [4.69, 9.17) is 0 Å². The average molecular weight is 344 g/mol. The molecule has 6 heteroatoms. The summed E-state index contributed by atoms with van der Waals surface area (Å²) in [7, 11) is 0. The average Bonchev–Trinajstić information content (AvgIpc) is 2.85. The van der Waals surface area contributed by atoms with E-state index < -0.39 is 6.10 Å². The number of aromatic nitrogens is 1. The fraction of sp³-hybridized carbons (Fsp3) is 0.643. The van der Waals surface area contributed by atoms with Crippen LogP contribution in [0.3, 0.4) is 0 Å². The summed E-state index contributed by atoms with van der Waals surface area (Å²) in [6.45, 7) is 5.25. The van der Waals surface area contributed by atoms with Crippen molar-refractivity contribution >= 4 is 21.8 Å². The van der Waals surface area contributed by atoms with Crippen LogP contribution in [0.2, 0.25) is 0 Å². The number of hydrogen-bond acceptors (Lipinski definition) is 3. The molecule has 112 valence electrons. The van der Waals surface area contributed by atoms with Gasteiger partial charge < -0.3 is 20.3 Å². The van der Waals surface area contributed by atoms with Gasteiger partial charge in [-0.2, -0.15) is 0 Å². The lowest BCUT2D eigenvalue weighted by Crippen LogP contribution is -2.43. The highest BCUT2D eigenvalue weighted by Crippen LogP contribution is 2.15. The molecule has 2 rings (SSSR count). The van der Waals surface area contributed by atoms with E-state index in [-0.39, 0.29) is 12.5 Å². The van der Waals surface area contributed by atoms with Gasteiger partial charge in [0.05, 0.1) is 6.10 Å². The van der Waals surface area contributed by atoms with Gasteiger partial charge in [0.15, 0.2) is 0 Å². The minimum atomic E-state index is -0.522. The Bertz CT molecular complexity index is 441. The van der Waals surface area contributed by atoms with Gasteiger partial charge in [-0.1, -0.05) is 6.92 Å². The van der Waals surface area contributed by atoms with Crippen molar-refractivity contribution in [1.82, 2.24) is 15.2 Å². The number of nitrogens with zero attached hydrogens (tertiary/aromatic N) is 1.